The zero-order valence-electron chi connectivity index (χ0n) is 13.9. The van der Waals surface area contributed by atoms with Gasteiger partial charge in [-0.25, -0.2) is 14.4 Å². The van der Waals surface area contributed by atoms with Gasteiger partial charge in [0.1, 0.15) is 30.3 Å². The van der Waals surface area contributed by atoms with Gasteiger partial charge in [-0.3, -0.25) is 0 Å². The number of hydrogen-bond acceptors (Lipinski definition) is 5. The number of nitrogens with zero attached hydrogens (tertiary/aromatic N) is 2. The van der Waals surface area contributed by atoms with Crippen molar-refractivity contribution in [2.45, 2.75) is 6.61 Å². The normalized spacial score (nSPS) is 10.4. The van der Waals surface area contributed by atoms with Crippen molar-refractivity contribution in [3.05, 3.63) is 76.0 Å². The van der Waals surface area contributed by atoms with Gasteiger partial charge in [-0.2, -0.15) is 0 Å². The van der Waals surface area contributed by atoms with Gasteiger partial charge < -0.3 is 10.1 Å². The summed E-state index contributed by atoms with van der Waals surface area (Å²) >= 11 is 7.88. The summed E-state index contributed by atoms with van der Waals surface area (Å²) in [5.41, 5.74) is 2.15. The van der Waals surface area contributed by atoms with Crippen molar-refractivity contribution in [3.8, 4) is 5.75 Å². The molecule has 0 aliphatic carbocycles. The van der Waals surface area contributed by atoms with Crippen molar-refractivity contribution in [2.75, 3.05) is 5.32 Å². The van der Waals surface area contributed by atoms with Crippen LogP contribution in [0.15, 0.2) is 59.6 Å². The van der Waals surface area contributed by atoms with Crippen LogP contribution in [0.5, 0.6) is 5.75 Å². The van der Waals surface area contributed by atoms with Gasteiger partial charge in [0.15, 0.2) is 0 Å². The van der Waals surface area contributed by atoms with E-state index in [1.165, 1.54) is 12.4 Å². The summed E-state index contributed by atoms with van der Waals surface area (Å²) in [7, 11) is 0. The lowest BCUT2D eigenvalue weighted by molar-refractivity contribution is 0.300. The number of hydrogen-bond donors (Lipinski definition) is 1. The molecular formula is C19H14Cl2FN3OS. The quantitative estimate of drug-likeness (QED) is 0.414. The summed E-state index contributed by atoms with van der Waals surface area (Å²) in [5.74, 6) is 0.904. The Balaban J connectivity index is 0.00000210. The monoisotopic (exact) mass is 421 g/mol. The van der Waals surface area contributed by atoms with Crippen molar-refractivity contribution in [2.24, 2.45) is 0 Å². The summed E-state index contributed by atoms with van der Waals surface area (Å²) < 4.78 is 19.3. The van der Waals surface area contributed by atoms with Crippen molar-refractivity contribution in [3.63, 3.8) is 0 Å². The molecule has 0 bridgehead atoms. The molecule has 4 nitrogen and oxygen atoms in total. The number of halogens is 3. The number of rotatable bonds is 5. The molecule has 0 unspecified atom stereocenters. The average Bonchev–Trinajstić information content (AvgIpc) is 3.12. The second-order valence-corrected chi connectivity index (χ2v) is 6.69. The molecule has 1 N–H and O–H groups in total. The maximum absolute atomic E-state index is 13.7. The van der Waals surface area contributed by atoms with Crippen molar-refractivity contribution in [1.29, 1.82) is 0 Å². The van der Waals surface area contributed by atoms with Crippen LogP contribution in [-0.2, 0) is 6.61 Å². The zero-order chi connectivity index (χ0) is 17.9. The molecule has 8 heteroatoms. The van der Waals surface area contributed by atoms with E-state index in [0.717, 1.165) is 16.6 Å². The third-order valence-corrected chi connectivity index (χ3v) is 4.84. The fourth-order valence-electron chi connectivity index (χ4n) is 2.49. The standard InChI is InChI=1S/C19H13ClFN3OS.ClH/c20-15-7-13(24-19-14-9-26-10-17(14)22-11-23-19)5-6-18(15)25-8-12-3-1-2-4-16(12)21;/h1-7,9-11H,8H2,(H,22,23,24);1H. The van der Waals surface area contributed by atoms with Gasteiger partial charge in [0.05, 0.1) is 15.9 Å². The lowest BCUT2D eigenvalue weighted by atomic mass is 10.2. The first kappa shape index (κ1) is 19.4. The number of anilines is 2. The molecule has 27 heavy (non-hydrogen) atoms. The topological polar surface area (TPSA) is 47.0 Å². The second kappa shape index (κ2) is 8.52. The summed E-state index contributed by atoms with van der Waals surface area (Å²) in [6.45, 7) is 0.112. The van der Waals surface area contributed by atoms with Crippen LogP contribution in [0.25, 0.3) is 10.9 Å². The molecule has 2 heterocycles. The van der Waals surface area contributed by atoms with Crippen LogP contribution in [0.3, 0.4) is 0 Å². The van der Waals surface area contributed by atoms with Gasteiger partial charge in [-0.1, -0.05) is 29.8 Å². The Kier molecular flexibility index (Phi) is 6.11. The lowest BCUT2D eigenvalue weighted by Gasteiger charge is -2.11. The molecule has 0 saturated carbocycles. The molecular weight excluding hydrogens is 408 g/mol. The number of aromatic nitrogens is 2. The predicted molar refractivity (Wildman–Crippen MR) is 110 cm³/mol. The molecule has 138 valence electrons. The van der Waals surface area contributed by atoms with Crippen molar-refractivity contribution in [1.82, 2.24) is 9.97 Å². The SMILES string of the molecule is Cl.Fc1ccccc1COc1ccc(Nc2ncnc3cscc23)cc1Cl. The molecule has 0 aliphatic rings. The third-order valence-electron chi connectivity index (χ3n) is 3.82. The van der Waals surface area contributed by atoms with Crippen LogP contribution in [0.4, 0.5) is 15.9 Å². The van der Waals surface area contributed by atoms with Crippen molar-refractivity contribution < 1.29 is 9.13 Å². The minimum Gasteiger partial charge on any atom is -0.487 e. The molecule has 0 amide bonds. The van der Waals surface area contributed by atoms with Gasteiger partial charge in [-0.05, 0) is 24.3 Å². The molecule has 0 fully saturated rings. The maximum Gasteiger partial charge on any atom is 0.142 e. The number of nitrogens with one attached hydrogen (secondary N) is 1. The molecule has 0 spiro atoms. The highest BCUT2D eigenvalue weighted by molar-refractivity contribution is 7.09. The Hall–Kier alpha value is -2.41. The van der Waals surface area contributed by atoms with E-state index >= 15 is 0 Å². The first-order chi connectivity index (χ1) is 12.7. The van der Waals surface area contributed by atoms with Crippen LogP contribution < -0.4 is 10.1 Å². The first-order valence-electron chi connectivity index (χ1n) is 7.80. The van der Waals surface area contributed by atoms with E-state index in [0.29, 0.717) is 22.2 Å². The predicted octanol–water partition coefficient (Wildman–Crippen LogP) is 6.23. The van der Waals surface area contributed by atoms with E-state index in [9.17, 15) is 4.39 Å². The Bertz CT molecular complexity index is 1070. The number of ether oxygens (including phenoxy) is 1. The van der Waals surface area contributed by atoms with E-state index in [4.69, 9.17) is 16.3 Å². The van der Waals surface area contributed by atoms with Gasteiger partial charge in [0.2, 0.25) is 0 Å². The Labute approximate surface area is 170 Å². The van der Waals surface area contributed by atoms with Crippen LogP contribution in [0, 0.1) is 5.82 Å². The third kappa shape index (κ3) is 4.30. The minimum atomic E-state index is -0.301. The summed E-state index contributed by atoms with van der Waals surface area (Å²) in [5, 5.41) is 8.58. The molecule has 2 aromatic heterocycles. The lowest BCUT2D eigenvalue weighted by Crippen LogP contribution is -1.99. The highest BCUT2D eigenvalue weighted by atomic mass is 35.5. The maximum atomic E-state index is 13.7. The van der Waals surface area contributed by atoms with Crippen LogP contribution in [-0.4, -0.2) is 9.97 Å². The smallest absolute Gasteiger partial charge is 0.142 e. The zero-order valence-corrected chi connectivity index (χ0v) is 16.2. The number of benzene rings is 2. The van der Waals surface area contributed by atoms with E-state index in [-0.39, 0.29) is 24.8 Å². The van der Waals surface area contributed by atoms with Gasteiger partial charge in [-0.15, -0.1) is 23.7 Å². The van der Waals surface area contributed by atoms with Gasteiger partial charge in [0, 0.05) is 22.0 Å². The minimum absolute atomic E-state index is 0. The molecule has 2 aromatic carbocycles. The van der Waals surface area contributed by atoms with Crippen LogP contribution >= 0.6 is 35.3 Å². The summed E-state index contributed by atoms with van der Waals surface area (Å²) in [4.78, 5) is 8.50. The van der Waals surface area contributed by atoms with E-state index in [1.807, 2.05) is 16.8 Å². The van der Waals surface area contributed by atoms with Crippen molar-refractivity contribution >= 4 is 57.8 Å². The van der Waals surface area contributed by atoms with E-state index in [1.54, 1.807) is 41.7 Å². The summed E-state index contributed by atoms with van der Waals surface area (Å²) in [6, 6.07) is 11.8. The average molecular weight is 422 g/mol. The summed E-state index contributed by atoms with van der Waals surface area (Å²) in [6.07, 6.45) is 1.52. The highest BCUT2D eigenvalue weighted by Gasteiger charge is 2.09. The van der Waals surface area contributed by atoms with Crippen LogP contribution in [0.2, 0.25) is 5.02 Å². The Morgan fingerprint density at radius 1 is 1.11 bits per heavy atom. The first-order valence-corrected chi connectivity index (χ1v) is 9.12. The molecule has 0 radical (unpaired) electrons. The molecule has 4 rings (SSSR count). The van der Waals surface area contributed by atoms with Crippen LogP contribution in [0.1, 0.15) is 5.56 Å². The largest absolute Gasteiger partial charge is 0.487 e. The van der Waals surface area contributed by atoms with Gasteiger partial charge in [0.25, 0.3) is 0 Å². The number of fused-ring (bicyclic) bond motifs is 1. The molecule has 0 aliphatic heterocycles. The van der Waals surface area contributed by atoms with E-state index in [2.05, 4.69) is 15.3 Å². The highest BCUT2D eigenvalue weighted by Crippen LogP contribution is 2.31. The Morgan fingerprint density at radius 2 is 1.96 bits per heavy atom. The fourth-order valence-corrected chi connectivity index (χ4v) is 3.48. The molecule has 0 saturated heterocycles. The van der Waals surface area contributed by atoms with E-state index < -0.39 is 0 Å². The fraction of sp³-hybridized carbons (Fsp3) is 0.0526. The molecule has 4 aromatic rings. The Morgan fingerprint density at radius 3 is 2.78 bits per heavy atom. The molecule has 0 atom stereocenters. The number of thiophene rings is 1. The van der Waals surface area contributed by atoms with Gasteiger partial charge >= 0.3 is 0 Å². The second-order valence-electron chi connectivity index (χ2n) is 5.54.